The van der Waals surface area contributed by atoms with Crippen molar-refractivity contribution >= 4 is 32.9 Å². The molecule has 5 heteroatoms. The van der Waals surface area contributed by atoms with Crippen molar-refractivity contribution in [3.05, 3.63) is 77.1 Å². The number of rotatable bonds is 4. The van der Waals surface area contributed by atoms with Crippen LogP contribution in [0.5, 0.6) is 0 Å². The Morgan fingerprint density at radius 3 is 2.62 bits per heavy atom. The highest BCUT2D eigenvalue weighted by molar-refractivity contribution is 7.22. The van der Waals surface area contributed by atoms with E-state index in [0.717, 1.165) is 20.9 Å². The van der Waals surface area contributed by atoms with Crippen LogP contribution in [0.2, 0.25) is 0 Å². The number of nitrogens with one attached hydrogen (secondary N) is 1. The maximum Gasteiger partial charge on any atom is 0.204 e. The topological polar surface area (TPSA) is 42.2 Å². The van der Waals surface area contributed by atoms with Crippen molar-refractivity contribution in [3.63, 3.8) is 0 Å². The SMILES string of the molecule is Cc1ccccc1-n1c(C)cc(/C=N/Nc2nc3ccccc3s2)c1C. The van der Waals surface area contributed by atoms with Gasteiger partial charge in [0, 0.05) is 22.6 Å². The summed E-state index contributed by atoms with van der Waals surface area (Å²) in [6.45, 7) is 6.38. The molecule has 4 nitrogen and oxygen atoms in total. The zero-order chi connectivity index (χ0) is 18.1. The fraction of sp³-hybridized carbons (Fsp3) is 0.143. The van der Waals surface area contributed by atoms with Gasteiger partial charge in [0.05, 0.1) is 16.4 Å². The number of fused-ring (bicyclic) bond motifs is 1. The smallest absolute Gasteiger partial charge is 0.204 e. The van der Waals surface area contributed by atoms with Crippen LogP contribution in [0.4, 0.5) is 5.13 Å². The highest BCUT2D eigenvalue weighted by Gasteiger charge is 2.11. The van der Waals surface area contributed by atoms with Crippen LogP contribution in [0.15, 0.2) is 59.7 Å². The monoisotopic (exact) mass is 360 g/mol. The largest absolute Gasteiger partial charge is 0.318 e. The molecule has 0 aliphatic carbocycles. The van der Waals surface area contributed by atoms with Crippen LogP contribution in [0.3, 0.4) is 0 Å². The molecule has 0 saturated heterocycles. The zero-order valence-electron chi connectivity index (χ0n) is 15.0. The van der Waals surface area contributed by atoms with Gasteiger partial charge in [0.2, 0.25) is 5.13 Å². The van der Waals surface area contributed by atoms with E-state index in [2.05, 4.69) is 77.2 Å². The number of nitrogens with zero attached hydrogens (tertiary/aromatic N) is 3. The number of aromatic nitrogens is 2. The van der Waals surface area contributed by atoms with Gasteiger partial charge in [0.15, 0.2) is 0 Å². The minimum absolute atomic E-state index is 0.801. The molecule has 130 valence electrons. The van der Waals surface area contributed by atoms with Gasteiger partial charge >= 0.3 is 0 Å². The van der Waals surface area contributed by atoms with Crippen molar-refractivity contribution in [3.8, 4) is 5.69 Å². The second kappa shape index (κ2) is 6.77. The number of aryl methyl sites for hydroxylation is 2. The van der Waals surface area contributed by atoms with E-state index in [1.165, 1.54) is 22.6 Å². The second-order valence-corrected chi connectivity index (χ2v) is 7.34. The third-order valence-electron chi connectivity index (χ3n) is 4.48. The van der Waals surface area contributed by atoms with Crippen LogP contribution in [0, 0.1) is 20.8 Å². The predicted molar refractivity (Wildman–Crippen MR) is 111 cm³/mol. The van der Waals surface area contributed by atoms with Crippen LogP contribution in [-0.2, 0) is 0 Å². The van der Waals surface area contributed by atoms with Crippen molar-refractivity contribution < 1.29 is 0 Å². The lowest BCUT2D eigenvalue weighted by Crippen LogP contribution is -2.01. The van der Waals surface area contributed by atoms with Crippen molar-refractivity contribution in [2.75, 3.05) is 5.43 Å². The first-order chi connectivity index (χ1) is 12.6. The summed E-state index contributed by atoms with van der Waals surface area (Å²) >= 11 is 1.60. The maximum atomic E-state index is 4.54. The van der Waals surface area contributed by atoms with Crippen molar-refractivity contribution in [2.24, 2.45) is 5.10 Å². The van der Waals surface area contributed by atoms with E-state index in [9.17, 15) is 0 Å². The van der Waals surface area contributed by atoms with Crippen LogP contribution in [0.25, 0.3) is 15.9 Å². The molecule has 2 aromatic heterocycles. The number of benzene rings is 2. The van der Waals surface area contributed by atoms with Crippen molar-refractivity contribution in [1.82, 2.24) is 9.55 Å². The lowest BCUT2D eigenvalue weighted by molar-refractivity contribution is 0.954. The average Bonchev–Trinajstić information content (AvgIpc) is 3.16. The Labute approximate surface area is 156 Å². The maximum absolute atomic E-state index is 4.54. The molecule has 0 aliphatic heterocycles. The minimum atomic E-state index is 0.801. The molecule has 0 bridgehead atoms. The number of thiazole rings is 1. The average molecular weight is 360 g/mol. The standard InChI is InChI=1S/C21H20N4S/c1-14-8-4-6-10-19(14)25-15(2)12-17(16(25)3)13-22-24-21-23-18-9-5-7-11-20(18)26-21/h4-13H,1-3H3,(H,23,24)/b22-13+. The number of hydrogen-bond acceptors (Lipinski definition) is 4. The van der Waals surface area contributed by atoms with Crippen LogP contribution < -0.4 is 5.43 Å². The Morgan fingerprint density at radius 2 is 1.81 bits per heavy atom. The zero-order valence-corrected chi connectivity index (χ0v) is 15.8. The molecule has 0 aliphatic rings. The summed E-state index contributed by atoms with van der Waals surface area (Å²) in [5.74, 6) is 0. The summed E-state index contributed by atoms with van der Waals surface area (Å²) in [4.78, 5) is 4.54. The highest BCUT2D eigenvalue weighted by atomic mass is 32.1. The van der Waals surface area contributed by atoms with Crippen LogP contribution >= 0.6 is 11.3 Å². The molecule has 0 radical (unpaired) electrons. The molecule has 0 fully saturated rings. The van der Waals surface area contributed by atoms with Gasteiger partial charge in [-0.2, -0.15) is 5.10 Å². The molecule has 2 aromatic carbocycles. The van der Waals surface area contributed by atoms with E-state index in [0.29, 0.717) is 0 Å². The summed E-state index contributed by atoms with van der Waals surface area (Å²) < 4.78 is 3.43. The molecule has 1 N–H and O–H groups in total. The quantitative estimate of drug-likeness (QED) is 0.388. The summed E-state index contributed by atoms with van der Waals surface area (Å²) in [7, 11) is 0. The van der Waals surface area contributed by atoms with E-state index in [1.807, 2.05) is 24.4 Å². The number of hydrogen-bond donors (Lipinski definition) is 1. The molecular weight excluding hydrogens is 340 g/mol. The molecule has 26 heavy (non-hydrogen) atoms. The third-order valence-corrected chi connectivity index (χ3v) is 5.43. The Kier molecular flexibility index (Phi) is 4.31. The fourth-order valence-electron chi connectivity index (χ4n) is 3.18. The fourth-order valence-corrected chi connectivity index (χ4v) is 4.00. The van der Waals surface area contributed by atoms with E-state index in [1.54, 1.807) is 11.3 Å². The molecule has 4 rings (SSSR count). The first-order valence-electron chi connectivity index (χ1n) is 8.53. The number of hydrazone groups is 1. The number of para-hydroxylation sites is 2. The predicted octanol–water partition coefficient (Wildman–Crippen LogP) is 5.46. The third kappa shape index (κ3) is 3.02. The van der Waals surface area contributed by atoms with E-state index < -0.39 is 0 Å². The lowest BCUT2D eigenvalue weighted by atomic mass is 10.2. The summed E-state index contributed by atoms with van der Waals surface area (Å²) in [5, 5.41) is 5.20. The van der Waals surface area contributed by atoms with Gasteiger partial charge in [-0.25, -0.2) is 4.98 Å². The Morgan fingerprint density at radius 1 is 1.04 bits per heavy atom. The highest BCUT2D eigenvalue weighted by Crippen LogP contribution is 2.25. The molecule has 4 aromatic rings. The van der Waals surface area contributed by atoms with Crippen LogP contribution in [0.1, 0.15) is 22.5 Å². The van der Waals surface area contributed by atoms with Crippen molar-refractivity contribution in [2.45, 2.75) is 20.8 Å². The summed E-state index contributed by atoms with van der Waals surface area (Å²) in [6, 6.07) is 18.7. The second-order valence-electron chi connectivity index (χ2n) is 6.31. The van der Waals surface area contributed by atoms with E-state index >= 15 is 0 Å². The van der Waals surface area contributed by atoms with E-state index in [-0.39, 0.29) is 0 Å². The van der Waals surface area contributed by atoms with Gasteiger partial charge in [-0.05, 0) is 50.6 Å². The molecular formula is C21H20N4S. The van der Waals surface area contributed by atoms with E-state index in [4.69, 9.17) is 0 Å². The van der Waals surface area contributed by atoms with Gasteiger partial charge in [-0.1, -0.05) is 41.7 Å². The molecule has 0 saturated carbocycles. The molecule has 2 heterocycles. The molecule has 0 unspecified atom stereocenters. The van der Waals surface area contributed by atoms with Gasteiger partial charge in [-0.3, -0.25) is 5.43 Å². The summed E-state index contributed by atoms with van der Waals surface area (Å²) in [6.07, 6.45) is 1.86. The van der Waals surface area contributed by atoms with Gasteiger partial charge in [-0.15, -0.1) is 0 Å². The summed E-state index contributed by atoms with van der Waals surface area (Å²) in [5.41, 5.74) is 9.98. The molecule has 0 amide bonds. The molecule has 0 atom stereocenters. The van der Waals surface area contributed by atoms with Crippen LogP contribution in [-0.4, -0.2) is 15.8 Å². The first kappa shape index (κ1) is 16.5. The van der Waals surface area contributed by atoms with Gasteiger partial charge in [0.25, 0.3) is 0 Å². The number of anilines is 1. The normalized spacial score (nSPS) is 11.5. The minimum Gasteiger partial charge on any atom is -0.318 e. The molecule has 0 spiro atoms. The Balaban J connectivity index is 1.60. The van der Waals surface area contributed by atoms with Gasteiger partial charge in [0.1, 0.15) is 0 Å². The van der Waals surface area contributed by atoms with Gasteiger partial charge < -0.3 is 4.57 Å². The first-order valence-corrected chi connectivity index (χ1v) is 9.35. The Hall–Kier alpha value is -2.92. The Bertz CT molecular complexity index is 1070. The van der Waals surface area contributed by atoms with Crippen molar-refractivity contribution in [1.29, 1.82) is 0 Å². The lowest BCUT2D eigenvalue weighted by Gasteiger charge is -2.12.